The fraction of sp³-hybridized carbons (Fsp3) is 0.273. The molecule has 0 radical (unpaired) electrons. The van der Waals surface area contributed by atoms with E-state index in [4.69, 9.17) is 9.88 Å². The van der Waals surface area contributed by atoms with Gasteiger partial charge >= 0.3 is 12.5 Å². The van der Waals surface area contributed by atoms with Gasteiger partial charge in [0, 0.05) is 37.3 Å². The first-order valence-electron chi connectivity index (χ1n) is 10.4. The molecule has 2 N–H and O–H groups in total. The van der Waals surface area contributed by atoms with E-state index in [1.54, 1.807) is 6.20 Å². The standard InChI is InChI=1S/C22H19F4N3O6S/c23-18-7-14(3-6-19(18)36(27,32)33)20(30)28-8-15-10-29(11-16(15)9-28)21(31)34-12-13-1-4-17(5-2-13)35-22(24,25)26/h1-8,16H,9-12H2,(H2,27,32,33)/t16-/m0/s1. The van der Waals surface area contributed by atoms with E-state index in [0.29, 0.717) is 5.56 Å². The number of sulfonamides is 1. The van der Waals surface area contributed by atoms with E-state index in [2.05, 4.69) is 4.74 Å². The van der Waals surface area contributed by atoms with Crippen molar-refractivity contribution in [2.45, 2.75) is 17.9 Å². The summed E-state index contributed by atoms with van der Waals surface area (Å²) in [5, 5.41) is 4.93. The maximum absolute atomic E-state index is 14.1. The van der Waals surface area contributed by atoms with Crippen molar-refractivity contribution in [1.82, 2.24) is 9.80 Å². The highest BCUT2D eigenvalue weighted by molar-refractivity contribution is 7.89. The van der Waals surface area contributed by atoms with Crippen LogP contribution in [0.5, 0.6) is 5.75 Å². The highest BCUT2D eigenvalue weighted by Crippen LogP contribution is 2.31. The summed E-state index contributed by atoms with van der Waals surface area (Å²) in [4.78, 5) is 27.2. The zero-order chi connectivity index (χ0) is 26.3. The van der Waals surface area contributed by atoms with Gasteiger partial charge in [0.05, 0.1) is 0 Å². The van der Waals surface area contributed by atoms with Gasteiger partial charge in [-0.3, -0.25) is 4.79 Å². The van der Waals surface area contributed by atoms with Crippen LogP contribution in [0, 0.1) is 11.7 Å². The zero-order valence-electron chi connectivity index (χ0n) is 18.4. The third-order valence-electron chi connectivity index (χ3n) is 5.60. The SMILES string of the molecule is NS(=O)(=O)c1ccc(C(=O)N2C=C3CN(C(=O)OCc4ccc(OC(F)(F)F)cc4)C[C@@H]3C2)cc1F. The molecule has 0 saturated carbocycles. The molecule has 0 aliphatic carbocycles. The lowest BCUT2D eigenvalue weighted by Gasteiger charge is -2.20. The summed E-state index contributed by atoms with van der Waals surface area (Å²) < 4.78 is 82.5. The van der Waals surface area contributed by atoms with Gasteiger partial charge in [0.25, 0.3) is 5.91 Å². The Labute approximate surface area is 202 Å². The third-order valence-corrected chi connectivity index (χ3v) is 6.55. The topological polar surface area (TPSA) is 119 Å². The largest absolute Gasteiger partial charge is 0.573 e. The van der Waals surface area contributed by atoms with Crippen LogP contribution in [0.3, 0.4) is 0 Å². The molecular weight excluding hydrogens is 510 g/mol. The van der Waals surface area contributed by atoms with E-state index in [1.807, 2.05) is 0 Å². The molecule has 0 spiro atoms. The van der Waals surface area contributed by atoms with Crippen molar-refractivity contribution in [1.29, 1.82) is 0 Å². The lowest BCUT2D eigenvalue weighted by atomic mass is 10.1. The smallest absolute Gasteiger partial charge is 0.445 e. The summed E-state index contributed by atoms with van der Waals surface area (Å²) >= 11 is 0. The number of ether oxygens (including phenoxy) is 2. The third kappa shape index (κ3) is 5.76. The second-order valence-electron chi connectivity index (χ2n) is 8.18. The number of likely N-dealkylation sites (tertiary alicyclic amines) is 1. The number of fused-ring (bicyclic) bond motifs is 1. The first kappa shape index (κ1) is 25.4. The Morgan fingerprint density at radius 2 is 1.78 bits per heavy atom. The fourth-order valence-corrected chi connectivity index (χ4v) is 4.53. The van der Waals surface area contributed by atoms with Gasteiger partial charge in [-0.05, 0) is 41.5 Å². The van der Waals surface area contributed by atoms with Crippen molar-refractivity contribution in [2.75, 3.05) is 19.6 Å². The lowest BCUT2D eigenvalue weighted by Crippen LogP contribution is -2.33. The number of amides is 2. The summed E-state index contributed by atoms with van der Waals surface area (Å²) in [6.45, 7) is 0.545. The summed E-state index contributed by atoms with van der Waals surface area (Å²) in [6, 6.07) is 7.82. The van der Waals surface area contributed by atoms with E-state index in [0.717, 1.165) is 29.8 Å². The first-order valence-corrected chi connectivity index (χ1v) is 11.9. The van der Waals surface area contributed by atoms with E-state index < -0.39 is 39.1 Å². The highest BCUT2D eigenvalue weighted by Gasteiger charge is 2.38. The molecule has 2 aliphatic rings. The quantitative estimate of drug-likeness (QED) is 0.595. The molecule has 14 heteroatoms. The van der Waals surface area contributed by atoms with Gasteiger partial charge in [-0.15, -0.1) is 13.2 Å². The Kier molecular flexibility index (Phi) is 6.66. The second-order valence-corrected chi connectivity index (χ2v) is 9.71. The Bertz CT molecular complexity index is 1330. The number of alkyl halides is 3. The minimum atomic E-state index is -4.80. The molecule has 2 heterocycles. The van der Waals surface area contributed by atoms with Gasteiger partial charge in [0.1, 0.15) is 23.1 Å². The number of benzene rings is 2. The van der Waals surface area contributed by atoms with Crippen LogP contribution in [0.15, 0.2) is 59.1 Å². The number of carbonyl (C=O) groups is 2. The zero-order valence-corrected chi connectivity index (χ0v) is 19.2. The van der Waals surface area contributed by atoms with Crippen molar-refractivity contribution >= 4 is 22.0 Å². The second kappa shape index (κ2) is 9.43. The van der Waals surface area contributed by atoms with E-state index in [-0.39, 0.29) is 43.5 Å². The maximum Gasteiger partial charge on any atom is 0.573 e. The van der Waals surface area contributed by atoms with E-state index in [1.165, 1.54) is 28.0 Å². The molecule has 2 aromatic carbocycles. The van der Waals surface area contributed by atoms with Gasteiger partial charge in [-0.2, -0.15) is 0 Å². The summed E-state index contributed by atoms with van der Waals surface area (Å²) in [7, 11) is -4.26. The van der Waals surface area contributed by atoms with Crippen LogP contribution in [0.25, 0.3) is 0 Å². The Morgan fingerprint density at radius 3 is 2.36 bits per heavy atom. The molecule has 36 heavy (non-hydrogen) atoms. The Morgan fingerprint density at radius 1 is 1.08 bits per heavy atom. The molecule has 0 aromatic heterocycles. The van der Waals surface area contributed by atoms with Crippen LogP contribution >= 0.6 is 0 Å². The minimum absolute atomic E-state index is 0.0559. The van der Waals surface area contributed by atoms with Crippen molar-refractivity contribution in [3.8, 4) is 5.75 Å². The van der Waals surface area contributed by atoms with Crippen LogP contribution in [-0.4, -0.2) is 56.2 Å². The van der Waals surface area contributed by atoms with E-state index >= 15 is 0 Å². The molecule has 2 amide bonds. The van der Waals surface area contributed by atoms with Crippen molar-refractivity contribution < 1.29 is 45.0 Å². The summed E-state index contributed by atoms with van der Waals surface area (Å²) in [6.07, 6.45) is -3.87. The van der Waals surface area contributed by atoms with Gasteiger partial charge < -0.3 is 19.3 Å². The summed E-state index contributed by atoms with van der Waals surface area (Å²) in [5.74, 6) is -2.22. The minimum Gasteiger partial charge on any atom is -0.445 e. The average molecular weight is 529 g/mol. The number of hydrogen-bond acceptors (Lipinski definition) is 6. The molecule has 0 unspecified atom stereocenters. The molecule has 2 aromatic rings. The number of hydrogen-bond donors (Lipinski definition) is 1. The number of nitrogens with two attached hydrogens (primary N) is 1. The lowest BCUT2D eigenvalue weighted by molar-refractivity contribution is -0.274. The molecule has 0 bridgehead atoms. The molecule has 192 valence electrons. The van der Waals surface area contributed by atoms with Crippen molar-refractivity contribution in [2.24, 2.45) is 11.1 Å². The molecule has 1 fully saturated rings. The molecule has 1 saturated heterocycles. The number of halogens is 4. The Hall–Kier alpha value is -3.65. The fourth-order valence-electron chi connectivity index (χ4n) is 3.94. The van der Waals surface area contributed by atoms with E-state index in [9.17, 15) is 35.6 Å². The highest BCUT2D eigenvalue weighted by atomic mass is 32.2. The van der Waals surface area contributed by atoms with Gasteiger partial charge in [0.2, 0.25) is 10.0 Å². The van der Waals surface area contributed by atoms with Gasteiger partial charge in [0.15, 0.2) is 0 Å². The average Bonchev–Trinajstić information content (AvgIpc) is 3.35. The predicted molar refractivity (Wildman–Crippen MR) is 115 cm³/mol. The van der Waals surface area contributed by atoms with Gasteiger partial charge in [-0.1, -0.05) is 12.1 Å². The van der Waals surface area contributed by atoms with Crippen molar-refractivity contribution in [3.63, 3.8) is 0 Å². The monoisotopic (exact) mass is 529 g/mol. The molecule has 9 nitrogen and oxygen atoms in total. The van der Waals surface area contributed by atoms with Gasteiger partial charge in [-0.25, -0.2) is 22.7 Å². The number of rotatable bonds is 5. The van der Waals surface area contributed by atoms with Crippen LogP contribution in [0.2, 0.25) is 0 Å². The molecular formula is C22H19F4N3O6S. The normalized spacial score (nSPS) is 17.6. The van der Waals surface area contributed by atoms with Crippen LogP contribution in [-0.2, 0) is 21.4 Å². The maximum atomic E-state index is 14.1. The molecule has 2 aliphatic heterocycles. The first-order chi connectivity index (χ1) is 16.8. The Balaban J connectivity index is 1.32. The number of carbonyl (C=O) groups excluding carboxylic acids is 2. The summed E-state index contributed by atoms with van der Waals surface area (Å²) in [5.41, 5.74) is 1.20. The molecule has 1 atom stereocenters. The predicted octanol–water partition coefficient (Wildman–Crippen LogP) is 2.98. The number of nitrogens with zero attached hydrogens (tertiary/aromatic N) is 2. The number of primary sulfonamides is 1. The van der Waals surface area contributed by atoms with Crippen LogP contribution in [0.4, 0.5) is 22.4 Å². The van der Waals surface area contributed by atoms with Crippen molar-refractivity contribution in [3.05, 3.63) is 71.2 Å². The van der Waals surface area contributed by atoms with Crippen LogP contribution in [0.1, 0.15) is 15.9 Å². The molecule has 4 rings (SSSR count). The van der Waals surface area contributed by atoms with Crippen LogP contribution < -0.4 is 9.88 Å².